The molecule has 0 N–H and O–H groups in total. The minimum absolute atomic E-state index is 0.250. The topological polar surface area (TPSA) is 30.9 Å². The number of imidazole rings is 1. The van der Waals surface area contributed by atoms with Gasteiger partial charge in [0.15, 0.2) is 5.65 Å². The summed E-state index contributed by atoms with van der Waals surface area (Å²) in [4.78, 5) is 7.93. The minimum Gasteiger partial charge on any atom is -0.310 e. The molecule has 5 heteroatoms. The fraction of sp³-hybridized carbons (Fsp3) is 0.0500. The van der Waals surface area contributed by atoms with Gasteiger partial charge in [0.2, 0.25) is 0 Å². The summed E-state index contributed by atoms with van der Waals surface area (Å²) < 4.78 is 7.22. The number of hydrogen-bond acceptors (Lipinski definition) is 2. The third kappa shape index (κ3) is 5.55. The van der Waals surface area contributed by atoms with Crippen LogP contribution in [0.3, 0.4) is 0 Å². The van der Waals surface area contributed by atoms with Crippen LogP contribution in [-0.4, -0.2) is 18.7 Å². The Morgan fingerprint density at radius 2 is 0.954 bits per heavy atom. The second kappa shape index (κ2) is 14.3. The number of aromatic nitrogens is 4. The monoisotopic (exact) mass is 833 g/mol. The molecule has 0 saturated carbocycles. The van der Waals surface area contributed by atoms with Crippen LogP contribution < -0.4 is 4.90 Å². The van der Waals surface area contributed by atoms with Crippen molar-refractivity contribution in [2.75, 3.05) is 4.90 Å². The molecule has 0 spiro atoms. The van der Waals surface area contributed by atoms with Crippen molar-refractivity contribution in [2.24, 2.45) is 0 Å². The van der Waals surface area contributed by atoms with E-state index in [0.717, 1.165) is 73.1 Å². The lowest BCUT2D eigenvalue weighted by Gasteiger charge is -2.28. The first-order valence-electron chi connectivity index (χ1n) is 22.4. The van der Waals surface area contributed by atoms with Crippen molar-refractivity contribution < 1.29 is 0 Å². The average molecular weight is 834 g/mol. The van der Waals surface area contributed by atoms with E-state index in [4.69, 9.17) is 4.98 Å². The van der Waals surface area contributed by atoms with Crippen LogP contribution in [0.2, 0.25) is 0 Å². The first kappa shape index (κ1) is 37.2. The number of benzene rings is 9. The second-order valence-electron chi connectivity index (χ2n) is 17.6. The molecule has 3 heterocycles. The zero-order valence-electron chi connectivity index (χ0n) is 36.1. The van der Waals surface area contributed by atoms with Gasteiger partial charge in [-0.25, -0.2) is 4.98 Å². The lowest BCUT2D eigenvalue weighted by Crippen LogP contribution is -2.17. The predicted octanol–water partition coefficient (Wildman–Crippen LogP) is 15.5. The molecule has 13 rings (SSSR count). The maximum absolute atomic E-state index is 5.57. The van der Waals surface area contributed by atoms with Gasteiger partial charge in [0.05, 0.1) is 16.6 Å². The molecule has 0 amide bonds. The Hall–Kier alpha value is -8.41. The summed E-state index contributed by atoms with van der Waals surface area (Å²) >= 11 is 0. The normalized spacial score (nSPS) is 12.9. The molecular weight excluding hydrogens is 791 g/mol. The van der Waals surface area contributed by atoms with Crippen LogP contribution in [-0.2, 0) is 5.41 Å². The fourth-order valence-electron chi connectivity index (χ4n) is 10.7. The molecule has 3 aromatic heterocycles. The zero-order chi connectivity index (χ0) is 43.2. The highest BCUT2D eigenvalue weighted by Crippen LogP contribution is 2.52. The van der Waals surface area contributed by atoms with Crippen LogP contribution in [0, 0.1) is 0 Å². The summed E-state index contributed by atoms with van der Waals surface area (Å²) in [5.74, 6) is 0.914. The summed E-state index contributed by atoms with van der Waals surface area (Å²) in [6.45, 7) is 4.76. The number of nitrogens with zero attached hydrogens (tertiary/aromatic N) is 5. The van der Waals surface area contributed by atoms with Crippen molar-refractivity contribution in [1.82, 2.24) is 18.7 Å². The van der Waals surface area contributed by atoms with Gasteiger partial charge in [0.1, 0.15) is 11.3 Å². The summed E-state index contributed by atoms with van der Waals surface area (Å²) in [6.07, 6.45) is 0. The van der Waals surface area contributed by atoms with E-state index >= 15 is 0 Å². The molecule has 1 aliphatic rings. The van der Waals surface area contributed by atoms with Gasteiger partial charge < -0.3 is 9.47 Å². The molecule has 65 heavy (non-hydrogen) atoms. The van der Waals surface area contributed by atoms with Crippen LogP contribution in [0.4, 0.5) is 17.1 Å². The van der Waals surface area contributed by atoms with Crippen LogP contribution in [0.15, 0.2) is 224 Å². The number of rotatable bonds is 7. The van der Waals surface area contributed by atoms with E-state index in [9.17, 15) is 0 Å². The van der Waals surface area contributed by atoms with Crippen molar-refractivity contribution >= 4 is 60.9 Å². The van der Waals surface area contributed by atoms with Crippen molar-refractivity contribution in [3.63, 3.8) is 0 Å². The Bertz CT molecular complexity index is 3730. The van der Waals surface area contributed by atoms with Crippen LogP contribution in [0.25, 0.3) is 83.4 Å². The summed E-state index contributed by atoms with van der Waals surface area (Å²) in [6, 6.07) is 81.0. The first-order chi connectivity index (χ1) is 32.0. The summed E-state index contributed by atoms with van der Waals surface area (Å²) in [5.41, 5.74) is 18.2. The number of hydrogen-bond donors (Lipinski definition) is 0. The summed E-state index contributed by atoms with van der Waals surface area (Å²) in [5, 5.41) is 3.56. The van der Waals surface area contributed by atoms with Gasteiger partial charge >= 0.3 is 0 Å². The van der Waals surface area contributed by atoms with Crippen LogP contribution in [0.5, 0.6) is 0 Å². The molecule has 308 valence electrons. The van der Waals surface area contributed by atoms with Gasteiger partial charge in [-0.05, 0) is 113 Å². The molecule has 9 aromatic carbocycles. The molecule has 0 unspecified atom stereocenters. The van der Waals surface area contributed by atoms with E-state index in [1.54, 1.807) is 0 Å². The maximum Gasteiger partial charge on any atom is 0.165 e. The van der Waals surface area contributed by atoms with Gasteiger partial charge in [-0.2, -0.15) is 0 Å². The van der Waals surface area contributed by atoms with Crippen molar-refractivity contribution in [2.45, 2.75) is 19.3 Å². The SMILES string of the molecule is CC1(C)c2cc(N(c3ccccc3)c3ccccc3)ccc2-c2ccc(-n3c4ccccc4c4c3ccc3c5c(nc(-c6ccccc6)n5-c5ccccc5)n(-c5ccccc5)c34)cc21. The first-order valence-corrected chi connectivity index (χ1v) is 22.4. The highest BCUT2D eigenvalue weighted by Gasteiger charge is 2.37. The standard InChI is InChI=1S/C60H43N5/c1-60(2)51-38-45(62(41-22-10-4-11-23-41)42-24-12-5-13-25-42)32-34-47(51)48-35-33-46(39-52(48)60)63-53-31-19-18-30-49(53)55-54(63)37-36-50-56(55)64(43-26-14-6-15-27-43)59-57(50)65(44-28-16-7-17-29-44)58(61-59)40-20-8-3-9-21-40/h3-39H,1-2H3. The van der Waals surface area contributed by atoms with Crippen molar-refractivity contribution in [3.8, 4) is 39.6 Å². The van der Waals surface area contributed by atoms with Crippen LogP contribution >= 0.6 is 0 Å². The Kier molecular flexibility index (Phi) is 8.18. The smallest absolute Gasteiger partial charge is 0.165 e. The van der Waals surface area contributed by atoms with E-state index in [2.05, 4.69) is 257 Å². The Labute approximate surface area is 377 Å². The Balaban J connectivity index is 1.03. The number of anilines is 3. The second-order valence-corrected chi connectivity index (χ2v) is 17.6. The van der Waals surface area contributed by atoms with E-state index in [1.807, 2.05) is 0 Å². The van der Waals surface area contributed by atoms with Crippen molar-refractivity contribution in [1.29, 1.82) is 0 Å². The zero-order valence-corrected chi connectivity index (χ0v) is 36.1. The summed E-state index contributed by atoms with van der Waals surface area (Å²) in [7, 11) is 0. The van der Waals surface area contributed by atoms with E-state index in [1.165, 1.54) is 38.5 Å². The van der Waals surface area contributed by atoms with Gasteiger partial charge in [-0.15, -0.1) is 0 Å². The molecule has 5 nitrogen and oxygen atoms in total. The van der Waals surface area contributed by atoms with Crippen molar-refractivity contribution in [3.05, 3.63) is 236 Å². The van der Waals surface area contributed by atoms with Gasteiger partial charge in [-0.1, -0.05) is 147 Å². The minimum atomic E-state index is -0.250. The number of para-hydroxylation sites is 5. The third-order valence-corrected chi connectivity index (χ3v) is 13.6. The third-order valence-electron chi connectivity index (χ3n) is 13.6. The van der Waals surface area contributed by atoms with Gasteiger partial charge in [-0.3, -0.25) is 9.13 Å². The molecule has 0 bridgehead atoms. The Morgan fingerprint density at radius 3 is 1.62 bits per heavy atom. The molecular formula is C60H43N5. The van der Waals surface area contributed by atoms with E-state index in [-0.39, 0.29) is 5.41 Å². The van der Waals surface area contributed by atoms with E-state index < -0.39 is 0 Å². The lowest BCUT2D eigenvalue weighted by molar-refractivity contribution is 0.660. The molecule has 1 aliphatic carbocycles. The highest BCUT2D eigenvalue weighted by molar-refractivity contribution is 6.25. The number of fused-ring (bicyclic) bond motifs is 10. The molecule has 0 radical (unpaired) electrons. The van der Waals surface area contributed by atoms with Gasteiger partial charge in [0.25, 0.3) is 0 Å². The average Bonchev–Trinajstić information content (AvgIpc) is 4.07. The predicted molar refractivity (Wildman–Crippen MR) is 270 cm³/mol. The molecule has 0 saturated heterocycles. The molecule has 12 aromatic rings. The molecule has 0 aliphatic heterocycles. The maximum atomic E-state index is 5.57. The van der Waals surface area contributed by atoms with Gasteiger partial charge in [0, 0.05) is 61.3 Å². The quantitative estimate of drug-likeness (QED) is 0.160. The lowest BCUT2D eigenvalue weighted by atomic mass is 9.82. The Morgan fingerprint density at radius 1 is 0.400 bits per heavy atom. The molecule has 0 atom stereocenters. The fourth-order valence-corrected chi connectivity index (χ4v) is 10.7. The highest BCUT2D eigenvalue weighted by atomic mass is 15.2. The largest absolute Gasteiger partial charge is 0.310 e. The van der Waals surface area contributed by atoms with E-state index in [0.29, 0.717) is 0 Å². The molecule has 0 fully saturated rings. The van der Waals surface area contributed by atoms with Crippen LogP contribution in [0.1, 0.15) is 25.0 Å².